The van der Waals surface area contributed by atoms with E-state index in [0.717, 1.165) is 6.20 Å². The van der Waals surface area contributed by atoms with Crippen LogP contribution in [0.4, 0.5) is 18.9 Å². The summed E-state index contributed by atoms with van der Waals surface area (Å²) in [6, 6.07) is 4.74. The molecular formula is C23H26F3N5O5S. The van der Waals surface area contributed by atoms with E-state index in [1.165, 1.54) is 20.8 Å². The molecule has 1 amide bonds. The number of carbonyl (C=O) groups is 1. The number of benzene rings is 1. The Morgan fingerprint density at radius 1 is 1.30 bits per heavy atom. The van der Waals surface area contributed by atoms with Crippen LogP contribution in [-0.2, 0) is 15.4 Å². The Kier molecular flexibility index (Phi) is 6.37. The molecule has 0 radical (unpaired) electrons. The summed E-state index contributed by atoms with van der Waals surface area (Å²) in [6.07, 6.45) is -3.41. The third-order valence-electron chi connectivity index (χ3n) is 6.63. The third-order valence-corrected chi connectivity index (χ3v) is 9.70. The fraction of sp³-hybridized carbons (Fsp3) is 0.478. The molecule has 0 unspecified atom stereocenters. The quantitative estimate of drug-likeness (QED) is 0.601. The molecule has 0 fully saturated rings. The first-order chi connectivity index (χ1) is 17.1. The van der Waals surface area contributed by atoms with Crippen molar-refractivity contribution in [1.82, 2.24) is 9.97 Å². The van der Waals surface area contributed by atoms with Gasteiger partial charge in [-0.25, -0.2) is 18.4 Å². The van der Waals surface area contributed by atoms with Gasteiger partial charge in [0.1, 0.15) is 27.6 Å². The summed E-state index contributed by atoms with van der Waals surface area (Å²) >= 11 is 0. The molecule has 2 aliphatic heterocycles. The van der Waals surface area contributed by atoms with Crippen LogP contribution in [0.1, 0.15) is 48.9 Å². The number of fused-ring (bicyclic) bond motifs is 3. The molecule has 37 heavy (non-hydrogen) atoms. The van der Waals surface area contributed by atoms with Crippen LogP contribution in [0.5, 0.6) is 11.6 Å². The highest BCUT2D eigenvalue weighted by Gasteiger charge is 2.57. The average molecular weight is 542 g/mol. The number of ether oxygens (including phenoxy) is 2. The average Bonchev–Trinajstić information content (AvgIpc) is 2.93. The molecule has 4 rings (SSSR count). The number of hydrogen-bond donors (Lipinski definition) is 2. The van der Waals surface area contributed by atoms with E-state index in [2.05, 4.69) is 25.0 Å². The van der Waals surface area contributed by atoms with Gasteiger partial charge in [-0.2, -0.15) is 13.2 Å². The Morgan fingerprint density at radius 3 is 2.65 bits per heavy atom. The molecule has 1 aromatic heterocycles. The number of alkyl halides is 3. The van der Waals surface area contributed by atoms with Crippen molar-refractivity contribution < 1.29 is 35.9 Å². The van der Waals surface area contributed by atoms with Gasteiger partial charge in [-0.05, 0) is 45.9 Å². The second-order valence-electron chi connectivity index (χ2n) is 9.54. The fourth-order valence-corrected chi connectivity index (χ4v) is 6.67. The molecule has 2 aromatic rings. The monoisotopic (exact) mass is 541 g/mol. The zero-order chi connectivity index (χ0) is 27.4. The maximum absolute atomic E-state index is 13.5. The summed E-state index contributed by atoms with van der Waals surface area (Å²) in [6.45, 7) is 4.74. The van der Waals surface area contributed by atoms with E-state index in [4.69, 9.17) is 10.5 Å². The van der Waals surface area contributed by atoms with Crippen molar-refractivity contribution in [2.45, 2.75) is 55.8 Å². The van der Waals surface area contributed by atoms with Crippen LogP contribution >= 0.6 is 0 Å². The number of nitrogens with one attached hydrogen (secondary N) is 1. The number of rotatable bonds is 4. The van der Waals surface area contributed by atoms with E-state index in [-0.39, 0.29) is 36.1 Å². The highest BCUT2D eigenvalue weighted by atomic mass is 32.2. The topological polar surface area (TPSA) is 146 Å². The van der Waals surface area contributed by atoms with E-state index < -0.39 is 44.1 Å². The van der Waals surface area contributed by atoms with E-state index in [0.29, 0.717) is 17.0 Å². The lowest BCUT2D eigenvalue weighted by atomic mass is 9.86. The summed E-state index contributed by atoms with van der Waals surface area (Å²) in [5.41, 5.74) is 5.53. The molecule has 0 bridgehead atoms. The zero-order valence-electron chi connectivity index (χ0n) is 20.5. The number of halogens is 3. The molecule has 10 nitrogen and oxygen atoms in total. The van der Waals surface area contributed by atoms with E-state index >= 15 is 0 Å². The molecular weight excluding hydrogens is 515 g/mol. The number of aromatic nitrogens is 2. The van der Waals surface area contributed by atoms with E-state index in [9.17, 15) is 26.4 Å². The molecule has 14 heteroatoms. The van der Waals surface area contributed by atoms with Gasteiger partial charge < -0.3 is 20.5 Å². The Hall–Kier alpha value is -3.42. The SMILES string of the molecule is Cc1nc(OCC(F)(F)F)cnc1C(=O)Nc1ccc2c(c1)[C@@]1(C)N=C(N)C(C)(C)S(=O)(=O)[C@@H]1CCO2. The minimum atomic E-state index is -4.54. The van der Waals surface area contributed by atoms with Crippen molar-refractivity contribution in [3.05, 3.63) is 41.3 Å². The van der Waals surface area contributed by atoms with Crippen molar-refractivity contribution in [2.75, 3.05) is 18.5 Å². The molecule has 0 saturated carbocycles. The zero-order valence-corrected chi connectivity index (χ0v) is 21.3. The molecule has 3 N–H and O–H groups in total. The maximum atomic E-state index is 13.5. The van der Waals surface area contributed by atoms with Crippen molar-refractivity contribution in [2.24, 2.45) is 10.7 Å². The van der Waals surface area contributed by atoms with Gasteiger partial charge in [0.05, 0.1) is 23.7 Å². The normalized spacial score (nSPS) is 24.0. The first kappa shape index (κ1) is 26.6. The molecule has 0 saturated heterocycles. The van der Waals surface area contributed by atoms with Crippen molar-refractivity contribution in [3.63, 3.8) is 0 Å². The Morgan fingerprint density at radius 2 is 2.00 bits per heavy atom. The van der Waals surface area contributed by atoms with Crippen LogP contribution in [0, 0.1) is 6.92 Å². The lowest BCUT2D eigenvalue weighted by Gasteiger charge is -2.43. The van der Waals surface area contributed by atoms with E-state index in [1.54, 1.807) is 25.1 Å². The van der Waals surface area contributed by atoms with Crippen LogP contribution in [0.3, 0.4) is 0 Å². The van der Waals surface area contributed by atoms with Crippen LogP contribution in [-0.4, -0.2) is 59.5 Å². The summed E-state index contributed by atoms with van der Waals surface area (Å²) in [4.78, 5) is 25.3. The minimum Gasteiger partial charge on any atom is -0.493 e. The molecule has 0 aliphatic carbocycles. The molecule has 2 aliphatic rings. The van der Waals surface area contributed by atoms with Gasteiger partial charge in [0.15, 0.2) is 16.4 Å². The van der Waals surface area contributed by atoms with Crippen LogP contribution in [0.2, 0.25) is 0 Å². The molecule has 200 valence electrons. The number of hydrogen-bond acceptors (Lipinski definition) is 9. The summed E-state index contributed by atoms with van der Waals surface area (Å²) < 4.78 is 73.1. The lowest BCUT2D eigenvalue weighted by molar-refractivity contribution is -0.154. The van der Waals surface area contributed by atoms with Crippen molar-refractivity contribution in [1.29, 1.82) is 0 Å². The van der Waals surface area contributed by atoms with Gasteiger partial charge in [0.25, 0.3) is 5.91 Å². The standard InChI is InChI=1S/C23H26F3N5O5S/c1-12-18(28-10-17(29-12)36-11-23(24,25)26)19(32)30-13-5-6-15-14(9-13)22(4)16(7-8-35-15)37(33,34)21(2,3)20(27)31-22/h5-6,9-10,16H,7-8,11H2,1-4H3,(H2,27,31)(H,30,32)/t16-,22-/m1/s1. The van der Waals surface area contributed by atoms with Gasteiger partial charge in [-0.15, -0.1) is 0 Å². The fourth-order valence-electron chi connectivity index (χ4n) is 4.43. The predicted molar refractivity (Wildman–Crippen MR) is 129 cm³/mol. The molecule has 2 atom stereocenters. The van der Waals surface area contributed by atoms with E-state index in [1.807, 2.05) is 0 Å². The van der Waals surface area contributed by atoms with Gasteiger partial charge in [-0.3, -0.25) is 9.79 Å². The van der Waals surface area contributed by atoms with Gasteiger partial charge in [0, 0.05) is 17.7 Å². The minimum absolute atomic E-state index is 0.0210. The van der Waals surface area contributed by atoms with Gasteiger partial charge in [0.2, 0.25) is 5.88 Å². The Balaban J connectivity index is 1.65. The van der Waals surface area contributed by atoms with Gasteiger partial charge >= 0.3 is 6.18 Å². The first-order valence-electron chi connectivity index (χ1n) is 11.3. The van der Waals surface area contributed by atoms with Crippen molar-refractivity contribution in [3.8, 4) is 11.6 Å². The van der Waals surface area contributed by atoms with Gasteiger partial charge in [-0.1, -0.05) is 0 Å². The number of aliphatic imine (C=N–C) groups is 1. The predicted octanol–water partition coefficient (Wildman–Crippen LogP) is 2.91. The third kappa shape index (κ3) is 4.69. The molecule has 3 heterocycles. The number of amides is 1. The molecule has 0 spiro atoms. The smallest absolute Gasteiger partial charge is 0.422 e. The number of nitrogens with zero attached hydrogens (tertiary/aromatic N) is 3. The second kappa shape index (κ2) is 8.85. The first-order valence-corrected chi connectivity index (χ1v) is 12.8. The number of anilines is 1. The van der Waals surface area contributed by atoms with Crippen LogP contribution in [0.25, 0.3) is 0 Å². The summed E-state index contributed by atoms with van der Waals surface area (Å²) in [5.74, 6) is -0.655. The molecule has 1 aromatic carbocycles. The number of amidine groups is 1. The largest absolute Gasteiger partial charge is 0.493 e. The van der Waals surface area contributed by atoms with Crippen LogP contribution in [0.15, 0.2) is 29.4 Å². The number of sulfone groups is 1. The Labute approximate surface area is 211 Å². The number of nitrogens with two attached hydrogens (primary N) is 1. The van der Waals surface area contributed by atoms with Crippen molar-refractivity contribution >= 4 is 27.3 Å². The van der Waals surface area contributed by atoms with Crippen LogP contribution < -0.4 is 20.5 Å². The highest BCUT2D eigenvalue weighted by Crippen LogP contribution is 2.48. The summed E-state index contributed by atoms with van der Waals surface area (Å²) in [7, 11) is -3.76. The maximum Gasteiger partial charge on any atom is 0.422 e. The second-order valence-corrected chi connectivity index (χ2v) is 12.2. The Bertz CT molecular complexity index is 1390. The number of aryl methyl sites for hydroxylation is 1. The summed E-state index contributed by atoms with van der Waals surface area (Å²) in [5, 5.41) is 1.75. The highest BCUT2D eigenvalue weighted by molar-refractivity contribution is 7.94. The number of carbonyl (C=O) groups excluding carboxylic acids is 1. The lowest BCUT2D eigenvalue weighted by Crippen LogP contribution is -2.59.